The zero-order valence-corrected chi connectivity index (χ0v) is 13.0. The van der Waals surface area contributed by atoms with Crippen molar-refractivity contribution in [2.45, 2.75) is 50.9 Å². The Labute approximate surface area is 127 Å². The average Bonchev–Trinajstić information content (AvgIpc) is 2.46. The maximum atomic E-state index is 5.94. The highest BCUT2D eigenvalue weighted by atomic mass is 16.7. The van der Waals surface area contributed by atoms with E-state index in [0.717, 1.165) is 23.5 Å². The zero-order chi connectivity index (χ0) is 14.3. The third kappa shape index (κ3) is 2.38. The van der Waals surface area contributed by atoms with Gasteiger partial charge in [0.2, 0.25) is 0 Å². The Morgan fingerprint density at radius 1 is 1.00 bits per heavy atom. The van der Waals surface area contributed by atoms with Gasteiger partial charge in [-0.2, -0.15) is 0 Å². The van der Waals surface area contributed by atoms with Gasteiger partial charge in [-0.05, 0) is 74.7 Å². The van der Waals surface area contributed by atoms with E-state index in [4.69, 9.17) is 9.47 Å². The molecule has 2 heteroatoms. The summed E-state index contributed by atoms with van der Waals surface area (Å²) in [7, 11) is 0. The van der Waals surface area contributed by atoms with Crippen molar-refractivity contribution in [3.05, 3.63) is 29.8 Å². The van der Waals surface area contributed by atoms with Crippen molar-refractivity contribution in [1.29, 1.82) is 0 Å². The Kier molecular flexibility index (Phi) is 3.45. The van der Waals surface area contributed by atoms with Crippen LogP contribution in [0.15, 0.2) is 24.3 Å². The van der Waals surface area contributed by atoms with Crippen LogP contribution in [0.25, 0.3) is 0 Å². The van der Waals surface area contributed by atoms with E-state index >= 15 is 0 Å². The number of rotatable bonds is 5. The Hall–Kier alpha value is -1.02. The van der Waals surface area contributed by atoms with E-state index in [0.29, 0.717) is 18.8 Å². The van der Waals surface area contributed by atoms with Crippen molar-refractivity contribution in [2.75, 3.05) is 13.4 Å². The molecule has 4 aliphatic carbocycles. The van der Waals surface area contributed by atoms with Crippen molar-refractivity contribution >= 4 is 0 Å². The lowest BCUT2D eigenvalue weighted by Crippen LogP contribution is -2.48. The minimum atomic E-state index is 0.375. The number of ether oxygens (including phenoxy) is 2. The summed E-state index contributed by atoms with van der Waals surface area (Å²) in [4.78, 5) is 0. The summed E-state index contributed by atoms with van der Waals surface area (Å²) in [6.07, 6.45) is 8.61. The standard InChI is InChI=1S/C19H26O2/c1-2-20-13-21-18-6-4-3-5-17(18)19-10-14-7-15(11-19)9-16(8-14)12-19/h3-6,14-16H,2,7-13H2,1H3. The quantitative estimate of drug-likeness (QED) is 0.585. The largest absolute Gasteiger partial charge is 0.467 e. The molecular formula is C19H26O2. The van der Waals surface area contributed by atoms with Gasteiger partial charge in [0.05, 0.1) is 0 Å². The van der Waals surface area contributed by atoms with Gasteiger partial charge in [0, 0.05) is 12.2 Å². The number of benzene rings is 1. The molecule has 4 aliphatic rings. The molecule has 0 spiro atoms. The second-order valence-electron chi connectivity index (χ2n) is 7.45. The van der Waals surface area contributed by atoms with Gasteiger partial charge in [0.15, 0.2) is 6.79 Å². The third-order valence-electron chi connectivity index (χ3n) is 6.00. The van der Waals surface area contributed by atoms with Crippen molar-refractivity contribution in [2.24, 2.45) is 17.8 Å². The van der Waals surface area contributed by atoms with Gasteiger partial charge < -0.3 is 9.47 Å². The molecule has 0 amide bonds. The second kappa shape index (κ2) is 5.31. The molecule has 4 fully saturated rings. The highest BCUT2D eigenvalue weighted by Crippen LogP contribution is 2.61. The predicted molar refractivity (Wildman–Crippen MR) is 83.4 cm³/mol. The smallest absolute Gasteiger partial charge is 0.189 e. The minimum Gasteiger partial charge on any atom is -0.467 e. The highest BCUT2D eigenvalue weighted by molar-refractivity contribution is 5.41. The van der Waals surface area contributed by atoms with Gasteiger partial charge in [-0.1, -0.05) is 18.2 Å². The monoisotopic (exact) mass is 286 g/mol. The number of hydrogen-bond donors (Lipinski definition) is 0. The van der Waals surface area contributed by atoms with Crippen LogP contribution in [0.2, 0.25) is 0 Å². The molecule has 4 bridgehead atoms. The van der Waals surface area contributed by atoms with Gasteiger partial charge in [-0.3, -0.25) is 0 Å². The van der Waals surface area contributed by atoms with Crippen molar-refractivity contribution in [3.8, 4) is 5.75 Å². The average molecular weight is 286 g/mol. The SMILES string of the molecule is CCOCOc1ccccc1C12CC3CC(CC(C3)C1)C2. The number of hydrogen-bond acceptors (Lipinski definition) is 2. The fraction of sp³-hybridized carbons (Fsp3) is 0.684. The first-order valence-corrected chi connectivity index (χ1v) is 8.59. The van der Waals surface area contributed by atoms with Crippen LogP contribution in [0.1, 0.15) is 51.0 Å². The maximum Gasteiger partial charge on any atom is 0.189 e. The molecule has 0 aliphatic heterocycles. The van der Waals surface area contributed by atoms with Crippen LogP contribution in [-0.2, 0) is 10.2 Å². The number of para-hydroxylation sites is 1. The molecule has 21 heavy (non-hydrogen) atoms. The van der Waals surface area contributed by atoms with Gasteiger partial charge in [-0.15, -0.1) is 0 Å². The molecule has 4 saturated carbocycles. The van der Waals surface area contributed by atoms with E-state index in [-0.39, 0.29) is 0 Å². The van der Waals surface area contributed by atoms with Crippen molar-refractivity contribution in [3.63, 3.8) is 0 Å². The molecule has 0 N–H and O–H groups in total. The molecule has 1 aromatic carbocycles. The maximum absolute atomic E-state index is 5.94. The third-order valence-corrected chi connectivity index (χ3v) is 6.00. The lowest BCUT2D eigenvalue weighted by Gasteiger charge is -2.57. The van der Waals surface area contributed by atoms with Crippen LogP contribution in [-0.4, -0.2) is 13.4 Å². The van der Waals surface area contributed by atoms with E-state index in [9.17, 15) is 0 Å². The molecule has 114 valence electrons. The summed E-state index contributed by atoms with van der Waals surface area (Å²) in [5, 5.41) is 0. The summed E-state index contributed by atoms with van der Waals surface area (Å²) in [6, 6.07) is 8.72. The summed E-state index contributed by atoms with van der Waals surface area (Å²) in [5.74, 6) is 3.97. The second-order valence-corrected chi connectivity index (χ2v) is 7.45. The van der Waals surface area contributed by atoms with E-state index in [1.54, 1.807) is 0 Å². The van der Waals surface area contributed by atoms with Crippen LogP contribution in [0.5, 0.6) is 5.75 Å². The van der Waals surface area contributed by atoms with E-state index in [1.165, 1.54) is 44.1 Å². The summed E-state index contributed by atoms with van der Waals surface area (Å²) < 4.78 is 11.3. The fourth-order valence-corrected chi connectivity index (χ4v) is 5.66. The van der Waals surface area contributed by atoms with Crippen molar-refractivity contribution < 1.29 is 9.47 Å². The minimum absolute atomic E-state index is 0.375. The topological polar surface area (TPSA) is 18.5 Å². The van der Waals surface area contributed by atoms with Gasteiger partial charge in [0.25, 0.3) is 0 Å². The normalized spacial score (nSPS) is 36.9. The Balaban J connectivity index is 1.63. The molecule has 2 nitrogen and oxygen atoms in total. The lowest BCUT2D eigenvalue weighted by atomic mass is 9.48. The van der Waals surface area contributed by atoms with Crippen LogP contribution in [0.3, 0.4) is 0 Å². The summed E-state index contributed by atoms with van der Waals surface area (Å²) in [6.45, 7) is 3.09. The first-order chi connectivity index (χ1) is 10.3. The van der Waals surface area contributed by atoms with E-state index in [1.807, 2.05) is 6.92 Å². The highest BCUT2D eigenvalue weighted by Gasteiger charge is 2.52. The van der Waals surface area contributed by atoms with Gasteiger partial charge in [0.1, 0.15) is 5.75 Å². The van der Waals surface area contributed by atoms with Crippen LogP contribution in [0, 0.1) is 17.8 Å². The molecule has 0 atom stereocenters. The molecule has 0 radical (unpaired) electrons. The van der Waals surface area contributed by atoms with Crippen molar-refractivity contribution in [1.82, 2.24) is 0 Å². The molecule has 1 aromatic rings. The van der Waals surface area contributed by atoms with Gasteiger partial charge >= 0.3 is 0 Å². The van der Waals surface area contributed by atoms with Crippen LogP contribution >= 0.6 is 0 Å². The molecule has 0 aromatic heterocycles. The molecule has 5 rings (SSSR count). The van der Waals surface area contributed by atoms with Gasteiger partial charge in [-0.25, -0.2) is 0 Å². The fourth-order valence-electron chi connectivity index (χ4n) is 5.66. The Morgan fingerprint density at radius 3 is 2.24 bits per heavy atom. The molecule has 0 saturated heterocycles. The van der Waals surface area contributed by atoms with E-state index in [2.05, 4.69) is 24.3 Å². The molecule has 0 unspecified atom stereocenters. The lowest BCUT2D eigenvalue weighted by molar-refractivity contribution is -0.0109. The summed E-state index contributed by atoms with van der Waals surface area (Å²) in [5.41, 5.74) is 1.86. The first kappa shape index (κ1) is 13.6. The predicted octanol–water partition coefficient (Wildman–Crippen LogP) is 4.53. The van der Waals surface area contributed by atoms with Crippen LogP contribution in [0.4, 0.5) is 0 Å². The summed E-state index contributed by atoms with van der Waals surface area (Å²) >= 11 is 0. The first-order valence-electron chi connectivity index (χ1n) is 8.59. The molecular weight excluding hydrogens is 260 g/mol. The van der Waals surface area contributed by atoms with E-state index < -0.39 is 0 Å². The van der Waals surface area contributed by atoms with Crippen LogP contribution < -0.4 is 4.74 Å². The Morgan fingerprint density at radius 2 is 1.62 bits per heavy atom. The molecule has 0 heterocycles. The zero-order valence-electron chi connectivity index (χ0n) is 13.0. The Bertz CT molecular complexity index is 473.